The molecule has 0 aromatic heterocycles. The third-order valence-electron chi connectivity index (χ3n) is 4.35. The van der Waals surface area contributed by atoms with Crippen molar-refractivity contribution in [1.82, 2.24) is 0 Å². The van der Waals surface area contributed by atoms with Gasteiger partial charge in [-0.2, -0.15) is 20.5 Å². The van der Waals surface area contributed by atoms with E-state index in [4.69, 9.17) is 9.47 Å². The lowest BCUT2D eigenvalue weighted by atomic mass is 9.88. The van der Waals surface area contributed by atoms with Crippen molar-refractivity contribution < 1.29 is 26.3 Å². The van der Waals surface area contributed by atoms with Gasteiger partial charge in [-0.15, -0.1) is 3.89 Å². The molecule has 0 spiro atoms. The fourth-order valence-corrected chi connectivity index (χ4v) is 4.39. The number of allylic oxidation sites excluding steroid dienone is 3. The molecule has 0 radical (unpaired) electrons. The van der Waals surface area contributed by atoms with E-state index >= 15 is 0 Å². The fourth-order valence-electron chi connectivity index (χ4n) is 2.83. The minimum Gasteiger partial charge on any atom is -0.348 e. The van der Waals surface area contributed by atoms with Crippen molar-refractivity contribution >= 4 is 27.0 Å². The topological polar surface area (TPSA) is 35.5 Å². The van der Waals surface area contributed by atoms with Crippen LogP contribution in [0.5, 0.6) is 0 Å². The molecule has 1 heterocycles. The molecule has 1 atom stereocenters. The zero-order chi connectivity index (χ0) is 17.6. The molecule has 2 aliphatic rings. The van der Waals surface area contributed by atoms with E-state index in [1.807, 2.05) is 30.6 Å². The lowest BCUT2D eigenvalue weighted by Gasteiger charge is -2.26. The second-order valence-electron chi connectivity index (χ2n) is 5.95. The Morgan fingerprint density at radius 2 is 1.67 bits per heavy atom. The average molecular weight is 384 g/mol. The average Bonchev–Trinajstić information content (AvgIpc) is 2.59. The summed E-state index contributed by atoms with van der Waals surface area (Å²) in [4.78, 5) is 0. The number of thioether (sulfide) groups is 1. The molecule has 138 valence electrons. The normalized spacial score (nSPS) is 34.5. The molecule has 24 heavy (non-hydrogen) atoms. The predicted octanol–water partition coefficient (Wildman–Crippen LogP) is 3.96. The highest BCUT2D eigenvalue weighted by Gasteiger charge is 2.31. The number of rotatable bonds is 5. The molecule has 0 amide bonds. The fraction of sp³-hybridized carbons (Fsp3) is 0.688. The molecule has 3 nitrogen and oxygen atoms in total. The number of hydrogen-bond donors (Lipinski definition) is 0. The molecule has 8 heteroatoms. The summed E-state index contributed by atoms with van der Waals surface area (Å²) in [5.74, 6) is 0.192. The van der Waals surface area contributed by atoms with Gasteiger partial charge in [0.25, 0.3) is 0 Å². The Kier molecular flexibility index (Phi) is 7.71. The number of ether oxygens (including phenoxy) is 2. The highest BCUT2D eigenvalue weighted by Crippen LogP contribution is 2.31. The maximum Gasteiger partial charge on any atom is 0.351 e. The van der Waals surface area contributed by atoms with Gasteiger partial charge in [-0.25, -0.2) is 4.21 Å². The van der Waals surface area contributed by atoms with Crippen LogP contribution in [0.25, 0.3) is 0 Å². The van der Waals surface area contributed by atoms with Crippen molar-refractivity contribution in [3.05, 3.63) is 24.3 Å². The lowest BCUT2D eigenvalue weighted by molar-refractivity contribution is -0.146. The molecule has 1 unspecified atom stereocenters. The van der Waals surface area contributed by atoms with Crippen LogP contribution in [-0.2, 0) is 19.4 Å². The van der Waals surface area contributed by atoms with Gasteiger partial charge in [0.05, 0.1) is 23.7 Å². The van der Waals surface area contributed by atoms with Crippen molar-refractivity contribution in [3.63, 3.8) is 0 Å². The van der Waals surface area contributed by atoms with Crippen molar-refractivity contribution in [2.45, 2.75) is 42.5 Å². The number of halogens is 3. The maximum atomic E-state index is 13.5. The molecule has 1 saturated carbocycles. The molecule has 0 aromatic rings. The highest BCUT2D eigenvalue weighted by atomic mass is 32.2. The van der Waals surface area contributed by atoms with Crippen molar-refractivity contribution in [3.8, 4) is 0 Å². The van der Waals surface area contributed by atoms with Gasteiger partial charge in [0, 0.05) is 0 Å². The minimum atomic E-state index is -4.61. The van der Waals surface area contributed by atoms with Crippen LogP contribution in [0.4, 0.5) is 12.7 Å². The first-order valence-corrected chi connectivity index (χ1v) is 10.8. The molecular formula is C16H23F3O3S2. The van der Waals surface area contributed by atoms with Crippen LogP contribution in [0.15, 0.2) is 24.3 Å². The first-order chi connectivity index (χ1) is 11.4. The van der Waals surface area contributed by atoms with E-state index in [0.717, 1.165) is 0 Å². The quantitative estimate of drug-likeness (QED) is 0.408. The maximum absolute atomic E-state index is 13.5. The van der Waals surface area contributed by atoms with Gasteiger partial charge in [0.1, 0.15) is 0 Å². The van der Waals surface area contributed by atoms with Crippen molar-refractivity contribution in [1.29, 1.82) is 0 Å². The van der Waals surface area contributed by atoms with Gasteiger partial charge in [-0.05, 0) is 43.9 Å². The highest BCUT2D eigenvalue weighted by molar-refractivity contribution is 7.99. The summed E-state index contributed by atoms with van der Waals surface area (Å²) in [6, 6.07) is 0. The SMILES string of the molecule is CSC1COC(/C=C/C=C/C2CCC(S(=O)(F)=C(F)F)CC2)OC1. The van der Waals surface area contributed by atoms with E-state index < -0.39 is 20.5 Å². The van der Waals surface area contributed by atoms with Gasteiger partial charge in [0.15, 0.2) is 16.2 Å². The Bertz CT molecular complexity index is 565. The van der Waals surface area contributed by atoms with E-state index in [0.29, 0.717) is 31.3 Å². The smallest absolute Gasteiger partial charge is 0.348 e. The van der Waals surface area contributed by atoms with Crippen LogP contribution in [0.3, 0.4) is 0 Å². The van der Waals surface area contributed by atoms with Gasteiger partial charge < -0.3 is 9.47 Å². The van der Waals surface area contributed by atoms with E-state index in [-0.39, 0.29) is 25.0 Å². The lowest BCUT2D eigenvalue weighted by Crippen LogP contribution is -2.32. The van der Waals surface area contributed by atoms with Crippen LogP contribution in [0.1, 0.15) is 25.7 Å². The molecule has 0 aromatic carbocycles. The summed E-state index contributed by atoms with van der Waals surface area (Å²) in [6.07, 6.45) is 10.7. The zero-order valence-electron chi connectivity index (χ0n) is 13.5. The standard InChI is InChI=1S/C16H23F3O3S2/c1-23-13-10-21-15(22-11-13)5-3-2-4-12-6-8-14(9-7-12)24(19,20)16(17)18/h2-5,12-15H,6-11H2,1H3/b4-2+,5-3+. The van der Waals surface area contributed by atoms with Crippen LogP contribution in [0, 0.1) is 5.92 Å². The Labute approximate surface area is 146 Å². The second-order valence-corrected chi connectivity index (χ2v) is 9.12. The van der Waals surface area contributed by atoms with Crippen LogP contribution >= 0.6 is 11.8 Å². The molecule has 0 N–H and O–H groups in total. The monoisotopic (exact) mass is 384 g/mol. The summed E-state index contributed by atoms with van der Waals surface area (Å²) in [5.41, 5.74) is 0. The summed E-state index contributed by atoms with van der Waals surface area (Å²) in [5, 5.41) is -3.24. The molecule has 1 aliphatic heterocycles. The molecule has 1 saturated heterocycles. The summed E-state index contributed by atoms with van der Waals surface area (Å²) >= 11 is 1.71. The Morgan fingerprint density at radius 1 is 1.08 bits per heavy atom. The van der Waals surface area contributed by atoms with Gasteiger partial charge >= 0.3 is 5.37 Å². The van der Waals surface area contributed by atoms with Crippen LogP contribution in [0.2, 0.25) is 0 Å². The molecule has 2 rings (SSSR count). The molecule has 1 aliphatic carbocycles. The van der Waals surface area contributed by atoms with E-state index in [2.05, 4.69) is 0 Å². The van der Waals surface area contributed by atoms with Crippen LogP contribution < -0.4 is 0 Å². The molecule has 0 bridgehead atoms. The third kappa shape index (κ3) is 5.54. The third-order valence-corrected chi connectivity index (χ3v) is 7.04. The van der Waals surface area contributed by atoms with Crippen molar-refractivity contribution in [2.75, 3.05) is 19.5 Å². The molecular weight excluding hydrogens is 361 g/mol. The first-order valence-electron chi connectivity index (χ1n) is 7.95. The van der Waals surface area contributed by atoms with E-state index in [1.54, 1.807) is 11.8 Å². The summed E-state index contributed by atoms with van der Waals surface area (Å²) in [6.45, 7) is 1.32. The number of hydrogen-bond acceptors (Lipinski definition) is 4. The predicted molar refractivity (Wildman–Crippen MR) is 93.5 cm³/mol. The van der Waals surface area contributed by atoms with E-state index in [1.165, 1.54) is 0 Å². The van der Waals surface area contributed by atoms with Gasteiger partial charge in [0.2, 0.25) is 0 Å². The Balaban J connectivity index is 1.74. The van der Waals surface area contributed by atoms with E-state index in [9.17, 15) is 16.9 Å². The Morgan fingerprint density at radius 3 is 2.21 bits per heavy atom. The largest absolute Gasteiger partial charge is 0.351 e. The summed E-state index contributed by atoms with van der Waals surface area (Å²) < 4.78 is 60.6. The van der Waals surface area contributed by atoms with Gasteiger partial charge in [-0.1, -0.05) is 18.2 Å². The molecule has 2 fully saturated rings. The minimum absolute atomic E-state index is 0.192. The second kappa shape index (κ2) is 9.31. The first kappa shape index (κ1) is 19.9. The van der Waals surface area contributed by atoms with Crippen LogP contribution in [-0.4, -0.2) is 45.8 Å². The van der Waals surface area contributed by atoms with Crippen molar-refractivity contribution in [2.24, 2.45) is 5.92 Å². The van der Waals surface area contributed by atoms with Gasteiger partial charge in [-0.3, -0.25) is 0 Å². The Hall–Kier alpha value is -0.440. The zero-order valence-corrected chi connectivity index (χ0v) is 15.2. The summed E-state index contributed by atoms with van der Waals surface area (Å²) in [7, 11) is -4.61.